The van der Waals surface area contributed by atoms with Gasteiger partial charge in [-0.2, -0.15) is 9.36 Å². The van der Waals surface area contributed by atoms with Gasteiger partial charge in [0.25, 0.3) is 5.69 Å². The van der Waals surface area contributed by atoms with Gasteiger partial charge in [0.1, 0.15) is 5.75 Å². The standard InChI is InChI=1S/C16H12N4O4S/c17-16-18-15(25-19-16)13(21)14(10-4-2-1-3-5-10)24-12-8-6-11(7-9-12)20(22)23/h1-9,14H,(H2,17,19). The average molecular weight is 356 g/mol. The fourth-order valence-electron chi connectivity index (χ4n) is 2.13. The lowest BCUT2D eigenvalue weighted by Gasteiger charge is -2.17. The quantitative estimate of drug-likeness (QED) is 0.409. The molecule has 0 aliphatic rings. The summed E-state index contributed by atoms with van der Waals surface area (Å²) in [7, 11) is 0. The van der Waals surface area contributed by atoms with Crippen molar-refractivity contribution >= 4 is 29.0 Å². The van der Waals surface area contributed by atoms with Gasteiger partial charge in [-0.3, -0.25) is 14.9 Å². The molecule has 0 amide bonds. The largest absolute Gasteiger partial charge is 0.477 e. The van der Waals surface area contributed by atoms with Crippen LogP contribution in [0.4, 0.5) is 11.6 Å². The van der Waals surface area contributed by atoms with Crippen LogP contribution < -0.4 is 10.5 Å². The minimum atomic E-state index is -0.963. The van der Waals surface area contributed by atoms with Gasteiger partial charge in [-0.25, -0.2) is 0 Å². The topological polar surface area (TPSA) is 121 Å². The molecule has 1 atom stereocenters. The van der Waals surface area contributed by atoms with Crippen molar-refractivity contribution in [2.24, 2.45) is 0 Å². The van der Waals surface area contributed by atoms with Gasteiger partial charge >= 0.3 is 0 Å². The molecule has 0 fully saturated rings. The third kappa shape index (κ3) is 3.78. The van der Waals surface area contributed by atoms with E-state index in [1.54, 1.807) is 24.3 Å². The van der Waals surface area contributed by atoms with E-state index in [1.165, 1.54) is 24.3 Å². The predicted molar refractivity (Wildman–Crippen MR) is 91.6 cm³/mol. The van der Waals surface area contributed by atoms with Gasteiger partial charge in [-0.15, -0.1) is 0 Å². The van der Waals surface area contributed by atoms with E-state index in [-0.39, 0.29) is 16.6 Å². The highest BCUT2D eigenvalue weighted by atomic mass is 32.1. The normalized spacial score (nSPS) is 11.7. The Morgan fingerprint density at radius 1 is 1.16 bits per heavy atom. The minimum Gasteiger partial charge on any atom is -0.477 e. The molecule has 2 aromatic carbocycles. The SMILES string of the molecule is Nc1nsc(C(=O)C(Oc2ccc([N+](=O)[O-])cc2)c2ccccc2)n1. The van der Waals surface area contributed by atoms with Crippen molar-refractivity contribution in [1.82, 2.24) is 9.36 Å². The van der Waals surface area contributed by atoms with E-state index in [9.17, 15) is 14.9 Å². The van der Waals surface area contributed by atoms with E-state index in [0.29, 0.717) is 11.3 Å². The van der Waals surface area contributed by atoms with E-state index < -0.39 is 16.8 Å². The molecule has 2 N–H and O–H groups in total. The first kappa shape index (κ1) is 16.5. The highest BCUT2D eigenvalue weighted by Crippen LogP contribution is 2.27. The zero-order chi connectivity index (χ0) is 17.8. The molecule has 0 bridgehead atoms. The highest BCUT2D eigenvalue weighted by molar-refractivity contribution is 7.07. The smallest absolute Gasteiger partial charge is 0.269 e. The summed E-state index contributed by atoms with van der Waals surface area (Å²) in [5, 5.41) is 10.9. The van der Waals surface area contributed by atoms with Crippen molar-refractivity contribution in [2.45, 2.75) is 6.10 Å². The molecule has 3 rings (SSSR count). The second kappa shape index (κ2) is 7.05. The molecule has 0 aliphatic heterocycles. The number of non-ortho nitro benzene ring substituents is 1. The predicted octanol–water partition coefficient (Wildman–Crippen LogP) is 3.03. The Bertz CT molecular complexity index is 896. The number of rotatable bonds is 6. The maximum absolute atomic E-state index is 12.8. The number of anilines is 1. The number of nitrogen functional groups attached to an aromatic ring is 1. The lowest BCUT2D eigenvalue weighted by Crippen LogP contribution is -2.19. The zero-order valence-corrected chi connectivity index (χ0v) is 13.6. The zero-order valence-electron chi connectivity index (χ0n) is 12.7. The van der Waals surface area contributed by atoms with Gasteiger partial charge in [0.2, 0.25) is 11.7 Å². The number of hydrogen-bond donors (Lipinski definition) is 1. The molecular weight excluding hydrogens is 344 g/mol. The number of nitro benzene ring substituents is 1. The number of carbonyl (C=O) groups excluding carboxylic acids is 1. The van der Waals surface area contributed by atoms with Crippen molar-refractivity contribution in [3.63, 3.8) is 0 Å². The maximum atomic E-state index is 12.8. The number of benzene rings is 2. The van der Waals surface area contributed by atoms with Gasteiger partial charge in [0, 0.05) is 17.7 Å². The Labute approximate surface area is 146 Å². The van der Waals surface area contributed by atoms with Crippen LogP contribution in [0.5, 0.6) is 5.75 Å². The van der Waals surface area contributed by atoms with Crippen molar-refractivity contribution in [1.29, 1.82) is 0 Å². The summed E-state index contributed by atoms with van der Waals surface area (Å²) < 4.78 is 9.60. The Balaban J connectivity index is 1.91. The van der Waals surface area contributed by atoms with Crippen molar-refractivity contribution in [3.05, 3.63) is 75.3 Å². The van der Waals surface area contributed by atoms with Gasteiger partial charge in [-0.1, -0.05) is 30.3 Å². The van der Waals surface area contributed by atoms with E-state index in [2.05, 4.69) is 9.36 Å². The fraction of sp³-hybridized carbons (Fsp3) is 0.0625. The van der Waals surface area contributed by atoms with E-state index in [0.717, 1.165) is 11.5 Å². The van der Waals surface area contributed by atoms with Crippen LogP contribution in [0.3, 0.4) is 0 Å². The van der Waals surface area contributed by atoms with E-state index >= 15 is 0 Å². The van der Waals surface area contributed by atoms with Crippen LogP contribution in [-0.2, 0) is 0 Å². The molecule has 0 radical (unpaired) electrons. The van der Waals surface area contributed by atoms with Crippen molar-refractivity contribution in [2.75, 3.05) is 5.73 Å². The molecule has 8 nitrogen and oxygen atoms in total. The first-order valence-corrected chi connectivity index (χ1v) is 7.91. The molecule has 1 unspecified atom stereocenters. The number of carbonyl (C=O) groups is 1. The molecule has 0 saturated carbocycles. The maximum Gasteiger partial charge on any atom is 0.269 e. The number of aromatic nitrogens is 2. The molecule has 25 heavy (non-hydrogen) atoms. The second-order valence-corrected chi connectivity index (χ2v) is 5.73. The number of nitrogens with zero attached hydrogens (tertiary/aromatic N) is 3. The van der Waals surface area contributed by atoms with E-state index in [1.807, 2.05) is 6.07 Å². The number of ketones is 1. The van der Waals surface area contributed by atoms with Gasteiger partial charge in [-0.05, 0) is 23.7 Å². The summed E-state index contributed by atoms with van der Waals surface area (Å²) in [4.78, 5) is 26.9. The monoisotopic (exact) mass is 356 g/mol. The Morgan fingerprint density at radius 3 is 2.40 bits per heavy atom. The first-order chi connectivity index (χ1) is 12.0. The molecule has 1 aromatic heterocycles. The molecule has 9 heteroatoms. The number of ether oxygens (including phenoxy) is 1. The Morgan fingerprint density at radius 2 is 1.84 bits per heavy atom. The molecule has 3 aromatic rings. The first-order valence-electron chi connectivity index (χ1n) is 7.14. The van der Waals surface area contributed by atoms with Crippen molar-refractivity contribution in [3.8, 4) is 5.75 Å². The molecule has 0 aliphatic carbocycles. The Kier molecular flexibility index (Phi) is 4.66. The molecule has 0 saturated heterocycles. The lowest BCUT2D eigenvalue weighted by atomic mass is 10.1. The van der Waals surface area contributed by atoms with Crippen LogP contribution in [0.1, 0.15) is 21.5 Å². The van der Waals surface area contributed by atoms with Crippen LogP contribution >= 0.6 is 11.5 Å². The van der Waals surface area contributed by atoms with E-state index in [4.69, 9.17) is 10.5 Å². The van der Waals surface area contributed by atoms with Gasteiger partial charge in [0.15, 0.2) is 11.1 Å². The average Bonchev–Trinajstić information content (AvgIpc) is 3.06. The van der Waals surface area contributed by atoms with Crippen molar-refractivity contribution < 1.29 is 14.5 Å². The molecule has 126 valence electrons. The Hall–Kier alpha value is -3.33. The molecule has 1 heterocycles. The minimum absolute atomic E-state index is 0.0236. The van der Waals surface area contributed by atoms with Crippen LogP contribution in [0, 0.1) is 10.1 Å². The number of hydrogen-bond acceptors (Lipinski definition) is 8. The van der Waals surface area contributed by atoms with Crippen LogP contribution in [0.15, 0.2) is 54.6 Å². The van der Waals surface area contributed by atoms with Gasteiger partial charge in [0.05, 0.1) is 4.92 Å². The third-order valence-corrected chi connectivity index (χ3v) is 4.04. The summed E-state index contributed by atoms with van der Waals surface area (Å²) in [6.07, 6.45) is -0.963. The van der Waals surface area contributed by atoms with Crippen LogP contribution in [-0.4, -0.2) is 20.1 Å². The van der Waals surface area contributed by atoms with Crippen LogP contribution in [0.25, 0.3) is 0 Å². The molecule has 0 spiro atoms. The third-order valence-electron chi connectivity index (χ3n) is 3.29. The van der Waals surface area contributed by atoms with Gasteiger partial charge < -0.3 is 10.5 Å². The summed E-state index contributed by atoms with van der Waals surface area (Å²) in [5.41, 5.74) is 6.05. The number of Topliss-reactive ketones (excluding diaryl/α,β-unsaturated/α-hetero) is 1. The second-order valence-electron chi connectivity index (χ2n) is 4.98. The number of nitro groups is 1. The number of nitrogens with two attached hydrogens (primary N) is 1. The summed E-state index contributed by atoms with van der Waals surface area (Å²) in [6.45, 7) is 0. The summed E-state index contributed by atoms with van der Waals surface area (Å²) in [5.74, 6) is -0.0421. The summed E-state index contributed by atoms with van der Waals surface area (Å²) >= 11 is 0.893. The fourth-order valence-corrected chi connectivity index (χ4v) is 2.68. The lowest BCUT2D eigenvalue weighted by molar-refractivity contribution is -0.384. The molecular formula is C16H12N4O4S. The van der Waals surface area contributed by atoms with Crippen LogP contribution in [0.2, 0.25) is 0 Å². The summed E-state index contributed by atoms with van der Waals surface area (Å²) in [6, 6.07) is 14.4. The highest BCUT2D eigenvalue weighted by Gasteiger charge is 2.27.